The van der Waals surface area contributed by atoms with Gasteiger partial charge in [0.05, 0.1) is 19.3 Å². The summed E-state index contributed by atoms with van der Waals surface area (Å²) in [6, 6.07) is 5.77. The molecule has 1 aromatic carbocycles. The molecule has 2 atom stereocenters. The average molecular weight is 207 g/mol. The van der Waals surface area contributed by atoms with E-state index in [0.717, 1.165) is 18.6 Å². The van der Waals surface area contributed by atoms with Crippen LogP contribution in [0, 0.1) is 0 Å². The first kappa shape index (κ1) is 10.6. The van der Waals surface area contributed by atoms with Gasteiger partial charge in [-0.25, -0.2) is 0 Å². The zero-order chi connectivity index (χ0) is 10.8. The smallest absolute Gasteiger partial charge is 0.0938 e. The summed E-state index contributed by atoms with van der Waals surface area (Å²) in [5, 5.41) is 9.84. The molecule has 82 valence electrons. The second-order valence-corrected chi connectivity index (χ2v) is 4.13. The highest BCUT2D eigenvalue weighted by molar-refractivity contribution is 5.34. The van der Waals surface area contributed by atoms with Crippen molar-refractivity contribution in [2.45, 2.75) is 32.1 Å². The minimum Gasteiger partial charge on any atom is -0.387 e. The molecular formula is C12H17NO2. The SMILES string of the molecule is C[C@H](N)[C@H](O)c1ccc2c(c1)CCOC2. The highest BCUT2D eigenvalue weighted by Crippen LogP contribution is 2.23. The second kappa shape index (κ2) is 4.31. The zero-order valence-electron chi connectivity index (χ0n) is 8.94. The first-order chi connectivity index (χ1) is 7.18. The maximum atomic E-state index is 9.84. The van der Waals surface area contributed by atoms with E-state index in [-0.39, 0.29) is 6.04 Å². The molecule has 3 nitrogen and oxygen atoms in total. The third-order valence-corrected chi connectivity index (χ3v) is 2.84. The molecule has 0 bridgehead atoms. The van der Waals surface area contributed by atoms with E-state index in [4.69, 9.17) is 10.5 Å². The second-order valence-electron chi connectivity index (χ2n) is 4.13. The number of aliphatic hydroxyl groups is 1. The molecule has 3 N–H and O–H groups in total. The number of benzene rings is 1. The predicted molar refractivity (Wildman–Crippen MR) is 58.4 cm³/mol. The highest BCUT2D eigenvalue weighted by atomic mass is 16.5. The van der Waals surface area contributed by atoms with Gasteiger partial charge in [-0.2, -0.15) is 0 Å². The lowest BCUT2D eigenvalue weighted by atomic mass is 9.96. The van der Waals surface area contributed by atoms with E-state index in [2.05, 4.69) is 0 Å². The molecule has 3 heteroatoms. The van der Waals surface area contributed by atoms with Crippen LogP contribution in [-0.4, -0.2) is 17.8 Å². The summed E-state index contributed by atoms with van der Waals surface area (Å²) in [7, 11) is 0. The van der Waals surface area contributed by atoms with Crippen molar-refractivity contribution in [3.05, 3.63) is 34.9 Å². The summed E-state index contributed by atoms with van der Waals surface area (Å²) in [5.74, 6) is 0. The predicted octanol–water partition coefficient (Wildman–Crippen LogP) is 1.14. The van der Waals surface area contributed by atoms with Crippen LogP contribution in [0.15, 0.2) is 18.2 Å². The molecule has 0 unspecified atom stereocenters. The lowest BCUT2D eigenvalue weighted by Crippen LogP contribution is -2.24. The molecular weight excluding hydrogens is 190 g/mol. The summed E-state index contributed by atoms with van der Waals surface area (Å²) >= 11 is 0. The minimum atomic E-state index is -0.571. The monoisotopic (exact) mass is 207 g/mol. The van der Waals surface area contributed by atoms with Crippen molar-refractivity contribution in [2.24, 2.45) is 5.73 Å². The van der Waals surface area contributed by atoms with Crippen molar-refractivity contribution in [1.82, 2.24) is 0 Å². The van der Waals surface area contributed by atoms with E-state index in [0.29, 0.717) is 6.61 Å². The Bertz CT molecular complexity index is 349. The van der Waals surface area contributed by atoms with Gasteiger partial charge in [-0.15, -0.1) is 0 Å². The number of rotatable bonds is 2. The van der Waals surface area contributed by atoms with Gasteiger partial charge in [0.15, 0.2) is 0 Å². The maximum Gasteiger partial charge on any atom is 0.0938 e. The normalized spacial score (nSPS) is 19.4. The van der Waals surface area contributed by atoms with Crippen molar-refractivity contribution in [2.75, 3.05) is 6.61 Å². The fourth-order valence-corrected chi connectivity index (χ4v) is 1.87. The van der Waals surface area contributed by atoms with E-state index in [1.807, 2.05) is 25.1 Å². The van der Waals surface area contributed by atoms with Crippen LogP contribution in [0.1, 0.15) is 29.7 Å². The Balaban J connectivity index is 2.27. The van der Waals surface area contributed by atoms with Crippen molar-refractivity contribution < 1.29 is 9.84 Å². The largest absolute Gasteiger partial charge is 0.387 e. The van der Waals surface area contributed by atoms with E-state index in [1.165, 1.54) is 11.1 Å². The molecule has 1 heterocycles. The molecule has 0 aliphatic carbocycles. The summed E-state index contributed by atoms with van der Waals surface area (Å²) in [5.41, 5.74) is 9.08. The number of hydrogen-bond donors (Lipinski definition) is 2. The summed E-state index contributed by atoms with van der Waals surface area (Å²) < 4.78 is 5.36. The molecule has 0 radical (unpaired) electrons. The van der Waals surface area contributed by atoms with Crippen molar-refractivity contribution in [3.63, 3.8) is 0 Å². The van der Waals surface area contributed by atoms with Gasteiger partial charge in [-0.1, -0.05) is 18.2 Å². The molecule has 0 saturated heterocycles. The van der Waals surface area contributed by atoms with E-state index < -0.39 is 6.10 Å². The van der Waals surface area contributed by atoms with Gasteiger partial charge in [0, 0.05) is 6.04 Å². The number of nitrogens with two attached hydrogens (primary N) is 1. The number of ether oxygens (including phenoxy) is 1. The number of hydrogen-bond acceptors (Lipinski definition) is 3. The molecule has 2 rings (SSSR count). The van der Waals surface area contributed by atoms with Crippen LogP contribution in [0.3, 0.4) is 0 Å². The molecule has 1 aliphatic rings. The highest BCUT2D eigenvalue weighted by Gasteiger charge is 2.15. The lowest BCUT2D eigenvalue weighted by Gasteiger charge is -2.20. The Hall–Kier alpha value is -0.900. The third kappa shape index (κ3) is 2.20. The zero-order valence-corrected chi connectivity index (χ0v) is 8.94. The first-order valence-electron chi connectivity index (χ1n) is 5.31. The fourth-order valence-electron chi connectivity index (χ4n) is 1.87. The van der Waals surface area contributed by atoms with E-state index >= 15 is 0 Å². The minimum absolute atomic E-state index is 0.233. The van der Waals surface area contributed by atoms with Crippen LogP contribution in [0.2, 0.25) is 0 Å². The number of fused-ring (bicyclic) bond motifs is 1. The first-order valence-corrected chi connectivity index (χ1v) is 5.31. The van der Waals surface area contributed by atoms with Gasteiger partial charge < -0.3 is 15.6 Å². The maximum absolute atomic E-state index is 9.84. The topological polar surface area (TPSA) is 55.5 Å². The molecule has 1 aromatic rings. The van der Waals surface area contributed by atoms with Crippen LogP contribution in [0.25, 0.3) is 0 Å². The van der Waals surface area contributed by atoms with Crippen molar-refractivity contribution in [1.29, 1.82) is 0 Å². The summed E-state index contributed by atoms with van der Waals surface area (Å²) in [4.78, 5) is 0. The van der Waals surface area contributed by atoms with E-state index in [1.54, 1.807) is 0 Å². The van der Waals surface area contributed by atoms with Gasteiger partial charge in [0.1, 0.15) is 0 Å². The molecule has 0 amide bonds. The van der Waals surface area contributed by atoms with Crippen molar-refractivity contribution in [3.8, 4) is 0 Å². The molecule has 0 saturated carbocycles. The Morgan fingerprint density at radius 3 is 2.93 bits per heavy atom. The summed E-state index contributed by atoms with van der Waals surface area (Å²) in [6.45, 7) is 3.27. The molecule has 0 spiro atoms. The Morgan fingerprint density at radius 1 is 1.40 bits per heavy atom. The van der Waals surface area contributed by atoms with Crippen LogP contribution < -0.4 is 5.73 Å². The Kier molecular flexibility index (Phi) is 3.05. The van der Waals surface area contributed by atoms with Gasteiger partial charge in [-0.05, 0) is 30.0 Å². The van der Waals surface area contributed by atoms with Gasteiger partial charge >= 0.3 is 0 Å². The van der Waals surface area contributed by atoms with Gasteiger partial charge in [-0.3, -0.25) is 0 Å². The Morgan fingerprint density at radius 2 is 2.20 bits per heavy atom. The molecule has 0 fully saturated rings. The third-order valence-electron chi connectivity index (χ3n) is 2.84. The van der Waals surface area contributed by atoms with Crippen LogP contribution in [-0.2, 0) is 17.8 Å². The fraction of sp³-hybridized carbons (Fsp3) is 0.500. The van der Waals surface area contributed by atoms with Gasteiger partial charge in [0.25, 0.3) is 0 Å². The van der Waals surface area contributed by atoms with Crippen LogP contribution in [0.4, 0.5) is 0 Å². The molecule has 1 aliphatic heterocycles. The standard InChI is InChI=1S/C12H17NO2/c1-8(13)12(14)10-2-3-11-7-15-5-4-9(11)6-10/h2-3,6,8,12,14H,4-5,7,13H2,1H3/t8-,12-/m0/s1. The Labute approximate surface area is 89.9 Å². The lowest BCUT2D eigenvalue weighted by molar-refractivity contribution is 0.110. The molecule has 15 heavy (non-hydrogen) atoms. The van der Waals surface area contributed by atoms with E-state index in [9.17, 15) is 5.11 Å². The van der Waals surface area contributed by atoms with Gasteiger partial charge in [0.2, 0.25) is 0 Å². The average Bonchev–Trinajstić information content (AvgIpc) is 2.27. The summed E-state index contributed by atoms with van der Waals surface area (Å²) in [6.07, 6.45) is 0.354. The van der Waals surface area contributed by atoms with Crippen LogP contribution in [0.5, 0.6) is 0 Å². The number of aliphatic hydroxyl groups excluding tert-OH is 1. The molecule has 0 aromatic heterocycles. The quantitative estimate of drug-likeness (QED) is 0.764. The van der Waals surface area contributed by atoms with Crippen LogP contribution >= 0.6 is 0 Å². The van der Waals surface area contributed by atoms with Crippen molar-refractivity contribution >= 4 is 0 Å².